The zero-order chi connectivity index (χ0) is 30.9. The number of fused-ring (bicyclic) bond motifs is 2. The van der Waals surface area contributed by atoms with Gasteiger partial charge in [-0.3, -0.25) is 4.90 Å². The summed E-state index contributed by atoms with van der Waals surface area (Å²) in [7, 11) is 3.08. The van der Waals surface area contributed by atoms with E-state index in [-0.39, 0.29) is 10.6 Å². The fraction of sp³-hybridized carbons (Fsp3) is 0.321. The van der Waals surface area contributed by atoms with E-state index in [0.29, 0.717) is 49.9 Å². The number of morpholine rings is 1. The van der Waals surface area contributed by atoms with Gasteiger partial charge in [-0.1, -0.05) is 6.08 Å². The smallest absolute Gasteiger partial charge is 0.379 e. The van der Waals surface area contributed by atoms with Crippen LogP contribution in [0.4, 0.5) is 24.5 Å². The van der Waals surface area contributed by atoms with Gasteiger partial charge in [0.2, 0.25) is 10.0 Å². The Kier molecular flexibility index (Phi) is 8.80. The van der Waals surface area contributed by atoms with Gasteiger partial charge in [0.15, 0.2) is 11.0 Å². The van der Waals surface area contributed by atoms with Crippen LogP contribution in [-0.2, 0) is 44.3 Å². The predicted octanol–water partition coefficient (Wildman–Crippen LogP) is 4.00. The average molecular weight is 637 g/mol. The van der Waals surface area contributed by atoms with E-state index in [9.17, 15) is 21.6 Å². The van der Waals surface area contributed by atoms with Crippen LogP contribution in [0.2, 0.25) is 0 Å². The number of alkyl halides is 3. The Bertz CT molecular complexity index is 1770. The Morgan fingerprint density at radius 1 is 1.09 bits per heavy atom. The van der Waals surface area contributed by atoms with Gasteiger partial charge in [0.1, 0.15) is 17.9 Å². The SMILES string of the molecule is COOSC#CN1/C(=C/C=C/c2n(C)c3cc(S(=O)(=O)N4CCOCC4)ccc3[n+]2C)N(C)c2ccc(C(F)(F)F)cc21. The molecule has 2 aromatic carbocycles. The molecule has 15 heteroatoms. The van der Waals surface area contributed by atoms with E-state index in [0.717, 1.165) is 29.0 Å². The van der Waals surface area contributed by atoms with E-state index in [4.69, 9.17) is 9.07 Å². The highest BCUT2D eigenvalue weighted by molar-refractivity contribution is 7.99. The first-order valence-electron chi connectivity index (χ1n) is 13.0. The minimum absolute atomic E-state index is 0.203. The Hall–Kier alpha value is -3.52. The lowest BCUT2D eigenvalue weighted by molar-refractivity contribution is -0.647. The number of sulfonamides is 1. The zero-order valence-electron chi connectivity index (χ0n) is 23.8. The van der Waals surface area contributed by atoms with Crippen LogP contribution in [0.3, 0.4) is 0 Å². The lowest BCUT2D eigenvalue weighted by Crippen LogP contribution is -2.40. The molecule has 1 saturated heterocycles. The van der Waals surface area contributed by atoms with E-state index in [2.05, 4.69) is 16.2 Å². The number of aromatic nitrogens is 2. The molecule has 0 bridgehead atoms. The monoisotopic (exact) mass is 636 g/mol. The molecule has 3 heterocycles. The Morgan fingerprint density at radius 3 is 2.53 bits per heavy atom. The molecule has 228 valence electrons. The highest BCUT2D eigenvalue weighted by Crippen LogP contribution is 2.43. The third-order valence-corrected chi connectivity index (χ3v) is 9.51. The Balaban J connectivity index is 1.49. The molecule has 2 aliphatic heterocycles. The third-order valence-electron chi connectivity index (χ3n) is 7.23. The molecule has 5 rings (SSSR count). The quantitative estimate of drug-likeness (QED) is 0.100. The summed E-state index contributed by atoms with van der Waals surface area (Å²) in [6, 6.07) is 11.4. The van der Waals surface area contributed by atoms with Gasteiger partial charge in [0, 0.05) is 43.6 Å². The standard InChI is InChI=1S/C28H29F3N5O5S2/c1-32-22-11-9-21(43(37,38)35-12-15-40-16-13-35)19-24(22)34(3)26(32)6-5-7-27-33(2)23-10-8-20(28(29,30)31)18-25(23)36(27)14-17-42-41-39-4/h5-11,18-19H,12-13,15-16H2,1-4H3/q+1. The second-order valence-electron chi connectivity index (χ2n) is 9.65. The maximum atomic E-state index is 13.5. The summed E-state index contributed by atoms with van der Waals surface area (Å²) < 4.78 is 82.2. The summed E-state index contributed by atoms with van der Waals surface area (Å²) in [4.78, 5) is 7.91. The molecule has 0 radical (unpaired) electrons. The summed E-state index contributed by atoms with van der Waals surface area (Å²) >= 11 is 0.697. The molecule has 2 aliphatic rings. The molecule has 0 aliphatic carbocycles. The second kappa shape index (κ2) is 12.2. The molecule has 0 saturated carbocycles. The van der Waals surface area contributed by atoms with Crippen LogP contribution in [0.25, 0.3) is 17.1 Å². The summed E-state index contributed by atoms with van der Waals surface area (Å²) in [5.41, 5.74) is 1.57. The molecule has 0 N–H and O–H groups in total. The lowest BCUT2D eigenvalue weighted by Gasteiger charge is -2.25. The Labute approximate surface area is 251 Å². The van der Waals surface area contributed by atoms with Crippen LogP contribution in [0.5, 0.6) is 0 Å². The van der Waals surface area contributed by atoms with Crippen LogP contribution in [-0.4, -0.2) is 57.8 Å². The number of ether oxygens (including phenoxy) is 1. The largest absolute Gasteiger partial charge is 0.416 e. The van der Waals surface area contributed by atoms with Crippen molar-refractivity contribution in [1.82, 2.24) is 8.87 Å². The van der Waals surface area contributed by atoms with Crippen molar-refractivity contribution in [2.75, 3.05) is 50.3 Å². The number of nitrogens with zero attached hydrogens (tertiary/aromatic N) is 5. The van der Waals surface area contributed by atoms with Crippen molar-refractivity contribution in [3.05, 3.63) is 65.8 Å². The van der Waals surface area contributed by atoms with E-state index < -0.39 is 21.8 Å². The van der Waals surface area contributed by atoms with Crippen molar-refractivity contribution in [2.45, 2.75) is 11.1 Å². The number of anilines is 2. The van der Waals surface area contributed by atoms with E-state index in [1.807, 2.05) is 29.3 Å². The van der Waals surface area contributed by atoms with E-state index in [1.54, 1.807) is 42.3 Å². The fourth-order valence-corrected chi connectivity index (χ4v) is 6.71. The van der Waals surface area contributed by atoms with Crippen molar-refractivity contribution in [1.29, 1.82) is 0 Å². The third kappa shape index (κ3) is 5.99. The Morgan fingerprint density at radius 2 is 1.84 bits per heavy atom. The minimum atomic E-state index is -4.52. The average Bonchev–Trinajstić information content (AvgIpc) is 3.39. The predicted molar refractivity (Wildman–Crippen MR) is 157 cm³/mol. The number of aryl methyl sites for hydroxylation is 2. The van der Waals surface area contributed by atoms with Crippen LogP contribution >= 0.6 is 12.0 Å². The van der Waals surface area contributed by atoms with Gasteiger partial charge >= 0.3 is 6.18 Å². The van der Waals surface area contributed by atoms with Crippen molar-refractivity contribution in [3.8, 4) is 11.3 Å². The van der Waals surface area contributed by atoms with Crippen molar-refractivity contribution < 1.29 is 40.1 Å². The van der Waals surface area contributed by atoms with Crippen molar-refractivity contribution in [3.63, 3.8) is 0 Å². The first-order valence-corrected chi connectivity index (χ1v) is 15.2. The van der Waals surface area contributed by atoms with E-state index in [1.165, 1.54) is 22.4 Å². The molecule has 1 fully saturated rings. The first kappa shape index (κ1) is 30.9. The fourth-order valence-electron chi connectivity index (χ4n) is 5.05. The summed E-state index contributed by atoms with van der Waals surface area (Å²) in [6.07, 6.45) is 0.804. The number of benzene rings is 2. The van der Waals surface area contributed by atoms with Gasteiger partial charge in [-0.15, -0.1) is 4.33 Å². The van der Waals surface area contributed by atoms with Crippen LogP contribution < -0.4 is 14.4 Å². The van der Waals surface area contributed by atoms with Gasteiger partial charge < -0.3 is 9.64 Å². The number of rotatable bonds is 6. The lowest BCUT2D eigenvalue weighted by atomic mass is 10.1. The molecule has 0 spiro atoms. The second-order valence-corrected chi connectivity index (χ2v) is 12.1. The molecule has 3 aromatic rings. The topological polar surface area (TPSA) is 80.4 Å². The highest BCUT2D eigenvalue weighted by atomic mass is 32.2. The maximum absolute atomic E-state index is 13.5. The molecular weight excluding hydrogens is 607 g/mol. The number of allylic oxidation sites excluding steroid dienone is 2. The number of hydrogen-bond donors (Lipinski definition) is 0. The summed E-state index contributed by atoms with van der Waals surface area (Å²) in [6.45, 7) is 1.33. The first-order chi connectivity index (χ1) is 20.4. The van der Waals surface area contributed by atoms with Crippen LogP contribution in [0, 0.1) is 11.3 Å². The number of halogens is 3. The van der Waals surface area contributed by atoms with Gasteiger partial charge in [-0.05, 0) is 36.4 Å². The van der Waals surface area contributed by atoms with Gasteiger partial charge in [0.05, 0.1) is 56.3 Å². The highest BCUT2D eigenvalue weighted by Gasteiger charge is 2.35. The maximum Gasteiger partial charge on any atom is 0.416 e. The molecule has 43 heavy (non-hydrogen) atoms. The van der Waals surface area contributed by atoms with Gasteiger partial charge in [-0.2, -0.15) is 17.5 Å². The van der Waals surface area contributed by atoms with E-state index >= 15 is 0 Å². The van der Waals surface area contributed by atoms with Gasteiger partial charge in [0.25, 0.3) is 5.82 Å². The molecule has 1 aromatic heterocycles. The van der Waals surface area contributed by atoms with Crippen molar-refractivity contribution >= 4 is 50.6 Å². The number of imidazole rings is 1. The van der Waals surface area contributed by atoms with Crippen LogP contribution in [0.1, 0.15) is 11.4 Å². The minimum Gasteiger partial charge on any atom is -0.379 e. The summed E-state index contributed by atoms with van der Waals surface area (Å²) in [5.74, 6) is 1.27. The zero-order valence-corrected chi connectivity index (χ0v) is 25.4. The van der Waals surface area contributed by atoms with Crippen LogP contribution in [0.15, 0.2) is 59.3 Å². The number of hydrogen-bond acceptors (Lipinski definition) is 8. The van der Waals surface area contributed by atoms with Crippen molar-refractivity contribution in [2.24, 2.45) is 14.1 Å². The molecule has 0 amide bonds. The molecule has 0 unspecified atom stereocenters. The molecular formula is C28H29F3N5O5S2+. The summed E-state index contributed by atoms with van der Waals surface area (Å²) in [5, 5.41) is 2.67. The molecule has 0 atom stereocenters. The van der Waals surface area contributed by atoms with Gasteiger partial charge in [-0.25, -0.2) is 22.4 Å². The normalized spacial score (nSPS) is 17.2. The molecule has 10 nitrogen and oxygen atoms in total.